The maximum Gasteiger partial charge on any atom is 3.00 e. The van der Waals surface area contributed by atoms with Crippen LogP contribution in [0, 0.1) is 32.0 Å². The summed E-state index contributed by atoms with van der Waals surface area (Å²) in [5.74, 6) is 2.55. The molecule has 2 atom stereocenters. The van der Waals surface area contributed by atoms with Gasteiger partial charge in [0.25, 0.3) is 0 Å². The number of aryl methyl sites for hydroxylation is 2. The number of nitrogens with zero attached hydrogens (tertiary/aromatic N) is 7. The van der Waals surface area contributed by atoms with Crippen molar-refractivity contribution in [2.24, 2.45) is 0 Å². The van der Waals surface area contributed by atoms with E-state index in [0.29, 0.717) is 0 Å². The van der Waals surface area contributed by atoms with E-state index in [1.165, 1.54) is 16.6 Å². The quantitative estimate of drug-likeness (QED) is 0.107. The predicted octanol–water partition coefficient (Wildman–Crippen LogP) is 9.34. The number of rotatable bonds is 9. The topological polar surface area (TPSA) is 56.7 Å². The number of hydrogen-bond acceptors (Lipinski definition) is 4. The summed E-state index contributed by atoms with van der Waals surface area (Å²) in [7, 11) is 2.18. The number of hydrogen-bond donors (Lipinski definition) is 0. The largest absolute Gasteiger partial charge is 3.00 e. The molecule has 0 aliphatic carbocycles. The number of fused-ring (bicyclic) bond motifs is 3. The Labute approximate surface area is 371 Å². The van der Waals surface area contributed by atoms with Gasteiger partial charge in [0.1, 0.15) is 11.6 Å². The second-order valence-electron chi connectivity index (χ2n) is 16.0. The van der Waals surface area contributed by atoms with Gasteiger partial charge in [0.2, 0.25) is 0 Å². The van der Waals surface area contributed by atoms with E-state index in [1.54, 1.807) is 0 Å². The van der Waals surface area contributed by atoms with E-state index in [0.717, 1.165) is 62.5 Å². The molecule has 1 aliphatic heterocycles. The molecule has 6 aromatic carbocycles. The molecule has 4 heterocycles. The summed E-state index contributed by atoms with van der Waals surface area (Å²) in [5, 5.41) is 0. The van der Waals surface area contributed by atoms with E-state index in [9.17, 15) is 0 Å². The van der Waals surface area contributed by atoms with Gasteiger partial charge in [-0.3, -0.25) is 4.98 Å². The van der Waals surface area contributed by atoms with Crippen LogP contribution in [-0.2, 0) is 30.9 Å². The summed E-state index contributed by atoms with van der Waals surface area (Å²) in [6, 6.07) is 59.3. The second-order valence-corrected chi connectivity index (χ2v) is 16.0. The van der Waals surface area contributed by atoms with Crippen molar-refractivity contribution >= 4 is 18.1 Å². The number of anilines is 1. The summed E-state index contributed by atoms with van der Waals surface area (Å²) in [4.78, 5) is 18.3. The minimum absolute atomic E-state index is 0. The fourth-order valence-electron chi connectivity index (χ4n) is 9.24. The first-order chi connectivity index (χ1) is 29.3. The van der Waals surface area contributed by atoms with E-state index in [4.69, 9.17) is 15.0 Å². The summed E-state index contributed by atoms with van der Waals surface area (Å²) < 4.78 is 6.69. The predicted molar refractivity (Wildman–Crippen MR) is 240 cm³/mol. The average Bonchev–Trinajstić information content (AvgIpc) is 4.10. The van der Waals surface area contributed by atoms with Crippen LogP contribution in [0.25, 0.3) is 22.8 Å². The van der Waals surface area contributed by atoms with Crippen molar-refractivity contribution < 1.29 is 20.1 Å². The first-order valence-corrected chi connectivity index (χ1v) is 20.4. The van der Waals surface area contributed by atoms with Crippen molar-refractivity contribution in [3.05, 3.63) is 234 Å². The molecule has 0 fully saturated rings. The zero-order valence-corrected chi connectivity index (χ0v) is 37.1. The molecule has 7 nitrogen and oxygen atoms in total. The maximum atomic E-state index is 5.73. The zero-order chi connectivity index (χ0) is 41.0. The fraction of sp³-hybridized carbons (Fsp3) is 0.135. The molecule has 0 saturated heterocycles. The molecule has 0 bridgehead atoms. The Balaban J connectivity index is 0.00000476. The van der Waals surface area contributed by atoms with E-state index in [1.807, 2.05) is 61.2 Å². The van der Waals surface area contributed by atoms with Gasteiger partial charge in [0.05, 0.1) is 11.1 Å². The van der Waals surface area contributed by atoms with Crippen molar-refractivity contribution in [1.29, 1.82) is 0 Å². The van der Waals surface area contributed by atoms with Gasteiger partial charge in [-0.05, 0) is 64.5 Å². The molecule has 1 aliphatic rings. The van der Waals surface area contributed by atoms with E-state index < -0.39 is 10.8 Å². The van der Waals surface area contributed by atoms with Crippen LogP contribution in [-0.4, -0.2) is 42.6 Å². The molecular weight excluding hydrogens is 926 g/mol. The Morgan fingerprint density at radius 2 is 1.13 bits per heavy atom. The van der Waals surface area contributed by atoms with Crippen LogP contribution in [0.5, 0.6) is 0 Å². The molecule has 0 radical (unpaired) electrons. The van der Waals surface area contributed by atoms with Crippen LogP contribution < -0.4 is 10.3 Å². The first kappa shape index (κ1) is 39.9. The zero-order valence-electron chi connectivity index (χ0n) is 34.7. The molecule has 0 N–H and O–H groups in total. The van der Waals surface area contributed by atoms with Crippen LogP contribution in [0.4, 0.5) is 5.69 Å². The van der Waals surface area contributed by atoms with E-state index in [2.05, 4.69) is 181 Å². The van der Waals surface area contributed by atoms with Crippen molar-refractivity contribution in [1.82, 2.24) is 28.6 Å². The standard InChI is InChI=1S/C52H43BN7.Ir/c1-37-19-18-20-38(2)47(37)53-57(5)45-30-29-41(51(3,39-21-10-6-11-22-39)49-54-31-33-58(49)42-25-14-8-15-26-42)35-44(45)48-56-46(36-60(48)53)52(4,40-23-12-7-13-24-40)50-55-32-34-59(50)43-27-16-9-17-28-43;/h6-21,23,25-34,36H,1-5H3;/q-3;+3/t51?,52-;/m0./s1. The van der Waals surface area contributed by atoms with Crippen LogP contribution in [0.1, 0.15) is 59.0 Å². The minimum atomic E-state index is -0.805. The van der Waals surface area contributed by atoms with Gasteiger partial charge >= 0.3 is 27.1 Å². The second kappa shape index (κ2) is 15.8. The average molecular weight is 969 g/mol. The molecule has 3 aromatic heterocycles. The summed E-state index contributed by atoms with van der Waals surface area (Å²) in [6.45, 7) is 8.68. The molecule has 0 amide bonds. The minimum Gasteiger partial charge on any atom is -0.436 e. The van der Waals surface area contributed by atoms with E-state index >= 15 is 0 Å². The Kier molecular flexibility index (Phi) is 10.3. The Morgan fingerprint density at radius 1 is 0.590 bits per heavy atom. The van der Waals surface area contributed by atoms with E-state index in [-0.39, 0.29) is 27.1 Å². The van der Waals surface area contributed by atoms with Gasteiger partial charge in [-0.2, -0.15) is 60.7 Å². The summed E-state index contributed by atoms with van der Waals surface area (Å²) in [5.41, 5.74) is 9.93. The van der Waals surface area contributed by atoms with Crippen LogP contribution >= 0.6 is 0 Å². The maximum absolute atomic E-state index is 5.73. The Morgan fingerprint density at radius 3 is 1.69 bits per heavy atom. The molecule has 9 heteroatoms. The van der Waals surface area contributed by atoms with Crippen LogP contribution in [0.15, 0.2) is 171 Å². The summed E-state index contributed by atoms with van der Waals surface area (Å²) in [6.07, 6.45) is 10.1. The van der Waals surface area contributed by atoms with Crippen LogP contribution in [0.2, 0.25) is 0 Å². The molecular formula is C52H43BIrN7. The monoisotopic (exact) mass is 969 g/mol. The Hall–Kier alpha value is -6.54. The third-order valence-electron chi connectivity index (χ3n) is 12.5. The van der Waals surface area contributed by atoms with Gasteiger partial charge in [-0.1, -0.05) is 77.0 Å². The molecule has 298 valence electrons. The third kappa shape index (κ3) is 6.42. The number of imidazole rings is 3. The van der Waals surface area contributed by atoms with Gasteiger partial charge < -0.3 is 18.4 Å². The number of aromatic nitrogens is 6. The van der Waals surface area contributed by atoms with Gasteiger partial charge in [-0.25, -0.2) is 9.97 Å². The van der Waals surface area contributed by atoms with Crippen molar-refractivity contribution in [2.45, 2.75) is 38.5 Å². The third-order valence-corrected chi connectivity index (χ3v) is 12.5. The normalized spacial score (nSPS) is 14.0. The Bertz CT molecular complexity index is 2940. The molecule has 0 spiro atoms. The van der Waals surface area contributed by atoms with Crippen molar-refractivity contribution in [2.75, 3.05) is 11.9 Å². The first-order valence-electron chi connectivity index (χ1n) is 20.4. The van der Waals surface area contributed by atoms with Crippen molar-refractivity contribution in [3.63, 3.8) is 0 Å². The molecule has 9 aromatic rings. The molecule has 1 unspecified atom stereocenters. The molecule has 0 saturated carbocycles. The molecule has 10 rings (SSSR count). The smallest absolute Gasteiger partial charge is 0.436 e. The van der Waals surface area contributed by atoms with Crippen molar-refractivity contribution in [3.8, 4) is 22.8 Å². The van der Waals surface area contributed by atoms with Gasteiger partial charge in [0, 0.05) is 53.6 Å². The fourth-order valence-corrected chi connectivity index (χ4v) is 9.24. The number of para-hydroxylation sites is 2. The van der Waals surface area contributed by atoms with Gasteiger partial charge in [-0.15, -0.1) is 34.9 Å². The van der Waals surface area contributed by atoms with Crippen LogP contribution in [0.3, 0.4) is 0 Å². The number of benzene rings is 6. The summed E-state index contributed by atoms with van der Waals surface area (Å²) >= 11 is 0. The molecule has 61 heavy (non-hydrogen) atoms. The van der Waals surface area contributed by atoms with Gasteiger partial charge in [0.15, 0.2) is 0 Å². The SMILES string of the molecule is Cc1cccc(C)c1B1N(C)c2ccc(C(C)(c3[c-]cccc3)c3nccn3-c3ccccc3)[c-]c2-c2nc([C@](C)(c3[c-]cccc3)c3nccn3-c3ccccc3)cn21.[Ir+3].